The number of non-ortho nitro benzene ring substituents is 1. The normalized spacial score (nSPS) is 12.0. The highest BCUT2D eigenvalue weighted by Crippen LogP contribution is 2.33. The molecule has 2 rings (SSSR count). The minimum absolute atomic E-state index is 0.0189. The van der Waals surface area contributed by atoms with Gasteiger partial charge >= 0.3 is 0 Å². The molecular formula is C15H15BrN2O3. The molecule has 0 spiro atoms. The number of hydrogen-bond donors (Lipinski definition) is 1. The first-order chi connectivity index (χ1) is 10.0. The van der Waals surface area contributed by atoms with E-state index >= 15 is 0 Å². The summed E-state index contributed by atoms with van der Waals surface area (Å²) >= 11 is 3.33. The van der Waals surface area contributed by atoms with Crippen LogP contribution < -0.4 is 10.5 Å². The summed E-state index contributed by atoms with van der Waals surface area (Å²) in [7, 11) is 0. The van der Waals surface area contributed by atoms with Gasteiger partial charge in [0.2, 0.25) is 0 Å². The smallest absolute Gasteiger partial charge is 0.273 e. The van der Waals surface area contributed by atoms with Crippen LogP contribution in [-0.4, -0.2) is 4.92 Å². The Labute approximate surface area is 131 Å². The van der Waals surface area contributed by atoms with Crippen LogP contribution in [-0.2, 0) is 0 Å². The van der Waals surface area contributed by atoms with Gasteiger partial charge in [-0.25, -0.2) is 0 Å². The third-order valence-electron chi connectivity index (χ3n) is 3.08. The van der Waals surface area contributed by atoms with E-state index in [9.17, 15) is 10.1 Å². The summed E-state index contributed by atoms with van der Waals surface area (Å²) in [5.41, 5.74) is 6.95. The quantitative estimate of drug-likeness (QED) is 0.633. The summed E-state index contributed by atoms with van der Waals surface area (Å²) < 4.78 is 6.38. The van der Waals surface area contributed by atoms with E-state index in [4.69, 9.17) is 10.5 Å². The van der Waals surface area contributed by atoms with Gasteiger partial charge in [-0.1, -0.05) is 19.1 Å². The summed E-state index contributed by atoms with van der Waals surface area (Å²) in [5, 5.41) is 10.8. The average molecular weight is 351 g/mol. The predicted molar refractivity (Wildman–Crippen MR) is 84.5 cm³/mol. The van der Waals surface area contributed by atoms with Crippen molar-refractivity contribution in [1.82, 2.24) is 0 Å². The molecule has 110 valence electrons. The number of nitro groups is 1. The lowest BCUT2D eigenvalue weighted by molar-refractivity contribution is -0.384. The van der Waals surface area contributed by atoms with E-state index in [1.807, 2.05) is 25.1 Å². The Kier molecular flexibility index (Phi) is 4.93. The molecule has 6 heteroatoms. The van der Waals surface area contributed by atoms with E-state index in [1.165, 1.54) is 12.1 Å². The maximum atomic E-state index is 10.8. The van der Waals surface area contributed by atoms with Gasteiger partial charge in [0.15, 0.2) is 0 Å². The molecular weight excluding hydrogens is 336 g/mol. The van der Waals surface area contributed by atoms with Gasteiger partial charge in [0, 0.05) is 12.1 Å². The molecule has 0 fully saturated rings. The van der Waals surface area contributed by atoms with Crippen LogP contribution in [0.4, 0.5) is 5.69 Å². The summed E-state index contributed by atoms with van der Waals surface area (Å²) in [6.45, 7) is 2.01. The first kappa shape index (κ1) is 15.5. The molecule has 1 unspecified atom stereocenters. The standard InChI is InChI=1S/C15H15BrN2O3/c1-2-14(17)10-4-3-5-12(8-10)21-15-9-11(18(19)20)6-7-13(15)16/h3-9,14H,2,17H2,1H3. The van der Waals surface area contributed by atoms with Gasteiger partial charge in [-0.3, -0.25) is 10.1 Å². The van der Waals surface area contributed by atoms with E-state index in [1.54, 1.807) is 12.1 Å². The van der Waals surface area contributed by atoms with Crippen LogP contribution in [0.25, 0.3) is 0 Å². The fraction of sp³-hybridized carbons (Fsp3) is 0.200. The van der Waals surface area contributed by atoms with Crippen LogP contribution in [0.3, 0.4) is 0 Å². The Morgan fingerprint density at radius 1 is 1.33 bits per heavy atom. The minimum atomic E-state index is -0.456. The lowest BCUT2D eigenvalue weighted by Crippen LogP contribution is -2.08. The van der Waals surface area contributed by atoms with Crippen molar-refractivity contribution in [2.75, 3.05) is 0 Å². The van der Waals surface area contributed by atoms with Crippen LogP contribution in [0.1, 0.15) is 24.9 Å². The minimum Gasteiger partial charge on any atom is -0.456 e. The van der Waals surface area contributed by atoms with Crippen LogP contribution in [0, 0.1) is 10.1 Å². The first-order valence-electron chi connectivity index (χ1n) is 6.48. The van der Waals surface area contributed by atoms with E-state index in [2.05, 4.69) is 15.9 Å². The monoisotopic (exact) mass is 350 g/mol. The number of nitrogens with zero attached hydrogens (tertiary/aromatic N) is 1. The molecule has 21 heavy (non-hydrogen) atoms. The number of halogens is 1. The number of rotatable bonds is 5. The second-order valence-corrected chi connectivity index (χ2v) is 5.42. The van der Waals surface area contributed by atoms with E-state index < -0.39 is 4.92 Å². The molecule has 0 aliphatic rings. The molecule has 0 aliphatic carbocycles. The van der Waals surface area contributed by atoms with Gasteiger partial charge < -0.3 is 10.5 Å². The number of nitro benzene ring substituents is 1. The van der Waals surface area contributed by atoms with Crippen molar-refractivity contribution in [2.45, 2.75) is 19.4 Å². The van der Waals surface area contributed by atoms with Crippen molar-refractivity contribution in [3.8, 4) is 11.5 Å². The zero-order valence-electron chi connectivity index (χ0n) is 11.5. The van der Waals surface area contributed by atoms with Crippen molar-refractivity contribution >= 4 is 21.6 Å². The van der Waals surface area contributed by atoms with Gasteiger partial charge in [-0.05, 0) is 46.1 Å². The lowest BCUT2D eigenvalue weighted by atomic mass is 10.1. The van der Waals surface area contributed by atoms with Crippen molar-refractivity contribution in [3.63, 3.8) is 0 Å². The molecule has 1 atom stereocenters. The Morgan fingerprint density at radius 3 is 2.76 bits per heavy atom. The first-order valence-corrected chi connectivity index (χ1v) is 7.28. The van der Waals surface area contributed by atoms with Crippen molar-refractivity contribution in [3.05, 3.63) is 62.6 Å². The predicted octanol–water partition coefficient (Wildman–Crippen LogP) is 4.56. The summed E-state index contributed by atoms with van der Waals surface area (Å²) in [5.74, 6) is 0.990. The molecule has 0 aliphatic heterocycles. The Bertz CT molecular complexity index is 661. The average Bonchev–Trinajstić information content (AvgIpc) is 2.48. The van der Waals surface area contributed by atoms with Crippen molar-refractivity contribution in [2.24, 2.45) is 5.73 Å². The van der Waals surface area contributed by atoms with Gasteiger partial charge in [-0.2, -0.15) is 0 Å². The van der Waals surface area contributed by atoms with E-state index in [-0.39, 0.29) is 11.7 Å². The Morgan fingerprint density at radius 2 is 2.10 bits per heavy atom. The number of nitrogens with two attached hydrogens (primary N) is 1. The van der Waals surface area contributed by atoms with Crippen LogP contribution in [0.2, 0.25) is 0 Å². The summed E-state index contributed by atoms with van der Waals surface area (Å²) in [6.07, 6.45) is 0.823. The molecule has 5 nitrogen and oxygen atoms in total. The molecule has 2 N–H and O–H groups in total. The third kappa shape index (κ3) is 3.80. The molecule has 0 saturated heterocycles. The molecule has 0 aromatic heterocycles. The molecule has 0 saturated carbocycles. The molecule has 0 heterocycles. The van der Waals surface area contributed by atoms with Crippen LogP contribution in [0.5, 0.6) is 11.5 Å². The third-order valence-corrected chi connectivity index (χ3v) is 3.73. The zero-order chi connectivity index (χ0) is 15.4. The summed E-state index contributed by atoms with van der Waals surface area (Å²) in [6, 6.07) is 11.8. The molecule has 2 aromatic rings. The second-order valence-electron chi connectivity index (χ2n) is 4.56. The number of hydrogen-bond acceptors (Lipinski definition) is 4. The lowest BCUT2D eigenvalue weighted by Gasteiger charge is -2.12. The second kappa shape index (κ2) is 6.69. The Balaban J connectivity index is 2.29. The van der Waals surface area contributed by atoms with Gasteiger partial charge in [0.25, 0.3) is 5.69 Å². The van der Waals surface area contributed by atoms with Gasteiger partial charge in [0.1, 0.15) is 11.5 Å². The fourth-order valence-corrected chi connectivity index (χ4v) is 2.18. The van der Waals surface area contributed by atoms with Gasteiger partial charge in [0.05, 0.1) is 15.5 Å². The van der Waals surface area contributed by atoms with Gasteiger partial charge in [-0.15, -0.1) is 0 Å². The fourth-order valence-electron chi connectivity index (χ4n) is 1.86. The van der Waals surface area contributed by atoms with E-state index in [0.29, 0.717) is 16.0 Å². The largest absolute Gasteiger partial charge is 0.456 e. The number of ether oxygens (including phenoxy) is 1. The summed E-state index contributed by atoms with van der Waals surface area (Å²) in [4.78, 5) is 10.4. The highest BCUT2D eigenvalue weighted by Gasteiger charge is 2.12. The molecule has 2 aromatic carbocycles. The zero-order valence-corrected chi connectivity index (χ0v) is 13.0. The molecule has 0 bridgehead atoms. The molecule has 0 radical (unpaired) electrons. The van der Waals surface area contributed by atoms with Crippen molar-refractivity contribution in [1.29, 1.82) is 0 Å². The topological polar surface area (TPSA) is 78.4 Å². The highest BCUT2D eigenvalue weighted by atomic mass is 79.9. The number of benzene rings is 2. The van der Waals surface area contributed by atoms with Crippen LogP contribution >= 0.6 is 15.9 Å². The molecule has 0 amide bonds. The Hall–Kier alpha value is -1.92. The maximum Gasteiger partial charge on any atom is 0.273 e. The SMILES string of the molecule is CCC(N)c1cccc(Oc2cc([N+](=O)[O-])ccc2Br)c1. The highest BCUT2D eigenvalue weighted by molar-refractivity contribution is 9.10. The maximum absolute atomic E-state index is 10.8. The van der Waals surface area contributed by atoms with E-state index in [0.717, 1.165) is 12.0 Å². The van der Waals surface area contributed by atoms with Crippen LogP contribution in [0.15, 0.2) is 46.9 Å². The van der Waals surface area contributed by atoms with Crippen molar-refractivity contribution < 1.29 is 9.66 Å².